The van der Waals surface area contributed by atoms with E-state index in [0.717, 1.165) is 32.4 Å². The summed E-state index contributed by atoms with van der Waals surface area (Å²) in [5.74, 6) is 0.292. The van der Waals surface area contributed by atoms with Crippen molar-refractivity contribution in [1.82, 2.24) is 9.80 Å². The van der Waals surface area contributed by atoms with E-state index in [0.29, 0.717) is 18.4 Å². The Kier molecular flexibility index (Phi) is 5.44. The van der Waals surface area contributed by atoms with E-state index >= 15 is 0 Å². The second-order valence-corrected chi connectivity index (χ2v) is 7.20. The Hall–Kier alpha value is -0.610. The van der Waals surface area contributed by atoms with Crippen molar-refractivity contribution in [1.29, 1.82) is 0 Å². The molecule has 2 aliphatic heterocycles. The van der Waals surface area contributed by atoms with Gasteiger partial charge in [0, 0.05) is 31.1 Å². The number of nitrogens with zero attached hydrogens (tertiary/aromatic N) is 2. The van der Waals surface area contributed by atoms with Crippen LogP contribution in [-0.2, 0) is 4.79 Å². The lowest BCUT2D eigenvalue weighted by molar-refractivity contribution is -0.133. The minimum Gasteiger partial charge on any atom is -0.343 e. The van der Waals surface area contributed by atoms with E-state index in [9.17, 15) is 4.79 Å². The molecule has 2 heterocycles. The quantitative estimate of drug-likeness (QED) is 0.857. The minimum atomic E-state index is -0.234. The SMILES string of the molecule is CC(C)(N)CCC(=O)N1CCC(N2CCCCC2)CC1. The summed E-state index contributed by atoms with van der Waals surface area (Å²) in [5.41, 5.74) is 5.72. The number of piperidine rings is 2. The first-order valence-corrected chi connectivity index (χ1v) is 8.26. The molecule has 0 aromatic rings. The number of hydrogen-bond acceptors (Lipinski definition) is 3. The molecule has 0 aliphatic carbocycles. The van der Waals surface area contributed by atoms with Crippen molar-refractivity contribution >= 4 is 5.91 Å². The fourth-order valence-electron chi connectivity index (χ4n) is 3.35. The summed E-state index contributed by atoms with van der Waals surface area (Å²) < 4.78 is 0. The van der Waals surface area contributed by atoms with Crippen LogP contribution in [0.5, 0.6) is 0 Å². The molecule has 0 atom stereocenters. The molecule has 0 aromatic carbocycles. The van der Waals surface area contributed by atoms with Gasteiger partial charge in [-0.05, 0) is 59.0 Å². The first-order chi connectivity index (χ1) is 9.46. The van der Waals surface area contributed by atoms with Crippen molar-refractivity contribution in [2.45, 2.75) is 70.4 Å². The molecule has 4 heteroatoms. The Bertz CT molecular complexity index is 310. The van der Waals surface area contributed by atoms with Crippen molar-refractivity contribution in [3.63, 3.8) is 0 Å². The van der Waals surface area contributed by atoms with E-state index in [1.807, 2.05) is 18.7 Å². The molecule has 116 valence electrons. The summed E-state index contributed by atoms with van der Waals surface area (Å²) in [6.45, 7) is 8.38. The summed E-state index contributed by atoms with van der Waals surface area (Å²) in [6, 6.07) is 0.713. The summed E-state index contributed by atoms with van der Waals surface area (Å²) in [6.07, 6.45) is 7.77. The van der Waals surface area contributed by atoms with E-state index in [2.05, 4.69) is 4.90 Å². The van der Waals surface area contributed by atoms with Gasteiger partial charge in [-0.1, -0.05) is 6.42 Å². The van der Waals surface area contributed by atoms with Gasteiger partial charge in [0.2, 0.25) is 5.91 Å². The van der Waals surface area contributed by atoms with E-state index in [-0.39, 0.29) is 5.54 Å². The van der Waals surface area contributed by atoms with Crippen LogP contribution in [0.15, 0.2) is 0 Å². The zero-order valence-corrected chi connectivity index (χ0v) is 13.2. The van der Waals surface area contributed by atoms with Gasteiger partial charge < -0.3 is 15.5 Å². The highest BCUT2D eigenvalue weighted by Gasteiger charge is 2.27. The molecule has 1 amide bonds. The second-order valence-electron chi connectivity index (χ2n) is 7.20. The highest BCUT2D eigenvalue weighted by molar-refractivity contribution is 5.76. The van der Waals surface area contributed by atoms with E-state index in [1.165, 1.54) is 32.4 Å². The maximum Gasteiger partial charge on any atom is 0.222 e. The summed E-state index contributed by atoms with van der Waals surface area (Å²) in [7, 11) is 0. The van der Waals surface area contributed by atoms with Crippen LogP contribution in [0.1, 0.15) is 58.8 Å². The molecule has 20 heavy (non-hydrogen) atoms. The van der Waals surface area contributed by atoms with Crippen LogP contribution in [0, 0.1) is 0 Å². The smallest absolute Gasteiger partial charge is 0.222 e. The van der Waals surface area contributed by atoms with E-state index in [4.69, 9.17) is 5.73 Å². The minimum absolute atomic E-state index is 0.234. The largest absolute Gasteiger partial charge is 0.343 e. The van der Waals surface area contributed by atoms with Crippen LogP contribution in [0.3, 0.4) is 0 Å². The lowest BCUT2D eigenvalue weighted by atomic mass is 9.97. The normalized spacial score (nSPS) is 23.1. The number of carbonyl (C=O) groups is 1. The van der Waals surface area contributed by atoms with Gasteiger partial charge in [-0.2, -0.15) is 0 Å². The van der Waals surface area contributed by atoms with Crippen LogP contribution in [0.2, 0.25) is 0 Å². The molecule has 2 aliphatic rings. The number of hydrogen-bond donors (Lipinski definition) is 1. The topological polar surface area (TPSA) is 49.6 Å². The standard InChI is InChI=1S/C16H31N3O/c1-16(2,17)9-6-15(20)19-12-7-14(8-13-19)18-10-4-3-5-11-18/h14H,3-13,17H2,1-2H3. The number of likely N-dealkylation sites (tertiary alicyclic amines) is 2. The molecule has 0 radical (unpaired) electrons. The van der Waals surface area contributed by atoms with Crippen molar-refractivity contribution in [2.24, 2.45) is 5.73 Å². The molecule has 2 saturated heterocycles. The summed E-state index contributed by atoms with van der Waals surface area (Å²) in [5, 5.41) is 0. The van der Waals surface area contributed by atoms with Crippen molar-refractivity contribution < 1.29 is 4.79 Å². The van der Waals surface area contributed by atoms with Gasteiger partial charge in [0.15, 0.2) is 0 Å². The highest BCUT2D eigenvalue weighted by Crippen LogP contribution is 2.21. The molecule has 2 fully saturated rings. The average molecular weight is 281 g/mol. The first kappa shape index (κ1) is 15.8. The predicted octanol–water partition coefficient (Wildman–Crippen LogP) is 1.98. The van der Waals surface area contributed by atoms with Crippen molar-refractivity contribution in [3.05, 3.63) is 0 Å². The Morgan fingerprint density at radius 3 is 2.25 bits per heavy atom. The molecular weight excluding hydrogens is 250 g/mol. The zero-order valence-electron chi connectivity index (χ0n) is 13.2. The monoisotopic (exact) mass is 281 g/mol. The van der Waals surface area contributed by atoms with Gasteiger partial charge in [0.05, 0.1) is 0 Å². The van der Waals surface area contributed by atoms with Crippen LogP contribution < -0.4 is 5.73 Å². The van der Waals surface area contributed by atoms with Gasteiger partial charge in [0.1, 0.15) is 0 Å². The Labute approximate surface area is 123 Å². The number of carbonyl (C=O) groups excluding carboxylic acids is 1. The number of nitrogens with two attached hydrogens (primary N) is 1. The average Bonchev–Trinajstić information content (AvgIpc) is 2.45. The Morgan fingerprint density at radius 1 is 1.10 bits per heavy atom. The predicted molar refractivity (Wildman–Crippen MR) is 82.5 cm³/mol. The highest BCUT2D eigenvalue weighted by atomic mass is 16.2. The van der Waals surface area contributed by atoms with Crippen molar-refractivity contribution in [2.75, 3.05) is 26.2 Å². The maximum absolute atomic E-state index is 12.2. The third-order valence-electron chi connectivity index (χ3n) is 4.71. The van der Waals surface area contributed by atoms with Crippen molar-refractivity contribution in [3.8, 4) is 0 Å². The van der Waals surface area contributed by atoms with E-state index < -0.39 is 0 Å². The maximum atomic E-state index is 12.2. The Morgan fingerprint density at radius 2 is 1.70 bits per heavy atom. The molecule has 2 N–H and O–H groups in total. The molecule has 2 rings (SSSR count). The lowest BCUT2D eigenvalue weighted by Gasteiger charge is -2.40. The van der Waals surface area contributed by atoms with E-state index in [1.54, 1.807) is 0 Å². The number of amides is 1. The zero-order chi connectivity index (χ0) is 14.6. The summed E-state index contributed by atoms with van der Waals surface area (Å²) in [4.78, 5) is 16.9. The van der Waals surface area contributed by atoms with Crippen LogP contribution in [-0.4, -0.2) is 53.5 Å². The molecular formula is C16H31N3O. The third kappa shape index (κ3) is 4.74. The molecule has 0 spiro atoms. The third-order valence-corrected chi connectivity index (χ3v) is 4.71. The second kappa shape index (κ2) is 6.90. The van der Waals surface area contributed by atoms with Gasteiger partial charge in [0.25, 0.3) is 0 Å². The van der Waals surface area contributed by atoms with Crippen LogP contribution >= 0.6 is 0 Å². The summed E-state index contributed by atoms with van der Waals surface area (Å²) >= 11 is 0. The fraction of sp³-hybridized carbons (Fsp3) is 0.938. The molecule has 0 unspecified atom stereocenters. The fourth-order valence-corrected chi connectivity index (χ4v) is 3.35. The Balaban J connectivity index is 1.71. The molecule has 0 saturated carbocycles. The van der Waals surface area contributed by atoms with Gasteiger partial charge in [-0.15, -0.1) is 0 Å². The molecule has 4 nitrogen and oxygen atoms in total. The molecule has 0 aromatic heterocycles. The molecule has 0 bridgehead atoms. The van der Waals surface area contributed by atoms with Crippen LogP contribution in [0.4, 0.5) is 0 Å². The van der Waals surface area contributed by atoms with Gasteiger partial charge >= 0.3 is 0 Å². The lowest BCUT2D eigenvalue weighted by Crippen LogP contribution is -2.48. The van der Waals surface area contributed by atoms with Crippen LogP contribution in [0.25, 0.3) is 0 Å². The first-order valence-electron chi connectivity index (χ1n) is 8.26. The van der Waals surface area contributed by atoms with Gasteiger partial charge in [-0.3, -0.25) is 4.79 Å². The number of rotatable bonds is 4. The van der Waals surface area contributed by atoms with Gasteiger partial charge in [-0.25, -0.2) is 0 Å².